The first-order chi connectivity index (χ1) is 12.3. The summed E-state index contributed by atoms with van der Waals surface area (Å²) in [5.74, 6) is -1.41. The van der Waals surface area contributed by atoms with E-state index in [2.05, 4.69) is 0 Å². The standard InChI is InChI=1S/C21H22N2O3/c1-13-5-7-15(8-6-13)19(24)17-18(23(4)21(26)20(17)25)14-9-11-16(12-10-14)22(2)3/h5-12,18,24H,1-4H3/t18-/m1/s1. The molecular weight excluding hydrogens is 328 g/mol. The molecule has 0 aliphatic carbocycles. The Hall–Kier alpha value is -3.08. The molecule has 3 rings (SSSR count). The smallest absolute Gasteiger partial charge is 0.295 e. The van der Waals surface area contributed by atoms with Crippen molar-refractivity contribution >= 4 is 23.1 Å². The minimum atomic E-state index is -0.660. The third kappa shape index (κ3) is 2.96. The minimum Gasteiger partial charge on any atom is -0.507 e. The van der Waals surface area contributed by atoms with E-state index in [0.29, 0.717) is 5.56 Å². The number of likely N-dealkylation sites (N-methyl/N-ethyl adjacent to an activating group) is 1. The van der Waals surface area contributed by atoms with Gasteiger partial charge in [-0.25, -0.2) is 0 Å². The molecule has 2 aromatic rings. The van der Waals surface area contributed by atoms with Gasteiger partial charge in [0.1, 0.15) is 5.76 Å². The number of amides is 1. The molecular formula is C21H22N2O3. The molecule has 1 atom stereocenters. The fourth-order valence-corrected chi connectivity index (χ4v) is 3.16. The van der Waals surface area contributed by atoms with Crippen LogP contribution in [-0.2, 0) is 9.59 Å². The van der Waals surface area contributed by atoms with Gasteiger partial charge in [-0.1, -0.05) is 42.0 Å². The molecule has 1 saturated heterocycles. The summed E-state index contributed by atoms with van der Waals surface area (Å²) in [5.41, 5.74) is 3.50. The number of aliphatic hydroxyl groups is 1. The molecule has 26 heavy (non-hydrogen) atoms. The number of Topliss-reactive ketones (excluding diaryl/α,β-unsaturated/α-hetero) is 1. The van der Waals surface area contributed by atoms with Crippen LogP contribution >= 0.6 is 0 Å². The molecule has 1 aliphatic rings. The van der Waals surface area contributed by atoms with Gasteiger partial charge < -0.3 is 14.9 Å². The maximum Gasteiger partial charge on any atom is 0.295 e. The highest BCUT2D eigenvalue weighted by Crippen LogP contribution is 2.38. The van der Waals surface area contributed by atoms with E-state index in [4.69, 9.17) is 0 Å². The van der Waals surface area contributed by atoms with Crippen molar-refractivity contribution in [1.82, 2.24) is 4.90 Å². The van der Waals surface area contributed by atoms with Crippen LogP contribution in [0.2, 0.25) is 0 Å². The number of aryl methyl sites for hydroxylation is 1. The highest BCUT2D eigenvalue weighted by molar-refractivity contribution is 6.46. The van der Waals surface area contributed by atoms with Gasteiger partial charge in [0.05, 0.1) is 11.6 Å². The number of carbonyl (C=O) groups excluding carboxylic acids is 2. The molecule has 134 valence electrons. The van der Waals surface area contributed by atoms with Crippen molar-refractivity contribution in [2.24, 2.45) is 0 Å². The number of carbonyl (C=O) groups is 2. The highest BCUT2D eigenvalue weighted by atomic mass is 16.3. The second-order valence-corrected chi connectivity index (χ2v) is 6.76. The molecule has 0 bridgehead atoms. The predicted molar refractivity (Wildman–Crippen MR) is 102 cm³/mol. The monoisotopic (exact) mass is 350 g/mol. The summed E-state index contributed by atoms with van der Waals surface area (Å²) >= 11 is 0. The molecule has 1 heterocycles. The Balaban J connectivity index is 2.11. The molecule has 1 aliphatic heterocycles. The lowest BCUT2D eigenvalue weighted by Gasteiger charge is -2.22. The van der Waals surface area contributed by atoms with E-state index in [1.54, 1.807) is 19.2 Å². The van der Waals surface area contributed by atoms with Crippen LogP contribution in [0.25, 0.3) is 5.76 Å². The lowest BCUT2D eigenvalue weighted by Crippen LogP contribution is -2.24. The Morgan fingerprint density at radius 2 is 1.58 bits per heavy atom. The summed E-state index contributed by atoms with van der Waals surface area (Å²) in [4.78, 5) is 28.2. The summed E-state index contributed by atoms with van der Waals surface area (Å²) in [6, 6.07) is 14.2. The zero-order valence-electron chi connectivity index (χ0n) is 15.4. The average molecular weight is 350 g/mol. The van der Waals surface area contributed by atoms with Crippen molar-refractivity contribution in [3.05, 3.63) is 70.8 Å². The van der Waals surface area contributed by atoms with Crippen LogP contribution in [0.5, 0.6) is 0 Å². The molecule has 1 fully saturated rings. The number of benzene rings is 2. The summed E-state index contributed by atoms with van der Waals surface area (Å²) in [7, 11) is 5.47. The van der Waals surface area contributed by atoms with Crippen molar-refractivity contribution in [3.8, 4) is 0 Å². The average Bonchev–Trinajstić information content (AvgIpc) is 2.86. The first-order valence-electron chi connectivity index (χ1n) is 8.40. The van der Waals surface area contributed by atoms with Gasteiger partial charge in [-0.15, -0.1) is 0 Å². The fraction of sp³-hybridized carbons (Fsp3) is 0.238. The number of rotatable bonds is 3. The van der Waals surface area contributed by atoms with Crippen LogP contribution < -0.4 is 4.90 Å². The zero-order valence-corrected chi connectivity index (χ0v) is 15.4. The number of nitrogens with zero attached hydrogens (tertiary/aromatic N) is 2. The summed E-state index contributed by atoms with van der Waals surface area (Å²) in [5, 5.41) is 10.8. The summed E-state index contributed by atoms with van der Waals surface area (Å²) in [6.07, 6.45) is 0. The van der Waals surface area contributed by atoms with Gasteiger partial charge in [0.15, 0.2) is 0 Å². The van der Waals surface area contributed by atoms with Gasteiger partial charge in [-0.05, 0) is 24.6 Å². The maximum atomic E-state index is 12.5. The molecule has 5 nitrogen and oxygen atoms in total. The highest BCUT2D eigenvalue weighted by Gasteiger charge is 2.44. The number of likely N-dealkylation sites (tertiary alicyclic amines) is 1. The quantitative estimate of drug-likeness (QED) is 0.525. The zero-order chi connectivity index (χ0) is 19.0. The second-order valence-electron chi connectivity index (χ2n) is 6.76. The Kier molecular flexibility index (Phi) is 4.55. The van der Waals surface area contributed by atoms with Crippen LogP contribution in [-0.4, -0.2) is 42.8 Å². The van der Waals surface area contributed by atoms with Gasteiger partial charge in [0, 0.05) is 32.4 Å². The van der Waals surface area contributed by atoms with Crippen molar-refractivity contribution in [3.63, 3.8) is 0 Å². The van der Waals surface area contributed by atoms with Crippen LogP contribution in [0.1, 0.15) is 22.7 Å². The van der Waals surface area contributed by atoms with Gasteiger partial charge in [-0.2, -0.15) is 0 Å². The second kappa shape index (κ2) is 6.67. The molecule has 5 heteroatoms. The Bertz CT molecular complexity index is 880. The molecule has 0 aromatic heterocycles. The molecule has 0 saturated carbocycles. The third-order valence-electron chi connectivity index (χ3n) is 4.73. The summed E-state index contributed by atoms with van der Waals surface area (Å²) < 4.78 is 0. The van der Waals surface area contributed by atoms with E-state index in [1.807, 2.05) is 62.3 Å². The first kappa shape index (κ1) is 17.7. The molecule has 1 amide bonds. The van der Waals surface area contributed by atoms with Crippen LogP contribution in [0.4, 0.5) is 5.69 Å². The van der Waals surface area contributed by atoms with Crippen molar-refractivity contribution in [1.29, 1.82) is 0 Å². The van der Waals surface area contributed by atoms with Crippen LogP contribution in [0.15, 0.2) is 54.1 Å². The molecule has 0 spiro atoms. The topological polar surface area (TPSA) is 60.9 Å². The third-order valence-corrected chi connectivity index (χ3v) is 4.73. The van der Waals surface area contributed by atoms with E-state index in [0.717, 1.165) is 16.8 Å². The molecule has 0 unspecified atom stereocenters. The van der Waals surface area contributed by atoms with E-state index >= 15 is 0 Å². The van der Waals surface area contributed by atoms with Gasteiger partial charge in [-0.3, -0.25) is 9.59 Å². The van der Waals surface area contributed by atoms with E-state index in [-0.39, 0.29) is 11.3 Å². The fourth-order valence-electron chi connectivity index (χ4n) is 3.16. The SMILES string of the molecule is Cc1ccc(C(O)=C2C(=O)C(=O)N(C)[C@@H]2c2ccc(N(C)C)cc2)cc1. The maximum absolute atomic E-state index is 12.5. The minimum absolute atomic E-state index is 0.124. The number of ketones is 1. The predicted octanol–water partition coefficient (Wildman–Crippen LogP) is 3.11. The van der Waals surface area contributed by atoms with E-state index in [9.17, 15) is 14.7 Å². The van der Waals surface area contributed by atoms with Crippen LogP contribution in [0.3, 0.4) is 0 Å². The normalized spacial score (nSPS) is 19.1. The lowest BCUT2D eigenvalue weighted by atomic mass is 9.95. The van der Waals surface area contributed by atoms with Crippen molar-refractivity contribution in [2.45, 2.75) is 13.0 Å². The number of hydrogen-bond donors (Lipinski definition) is 1. The largest absolute Gasteiger partial charge is 0.507 e. The van der Waals surface area contributed by atoms with Crippen LogP contribution in [0, 0.1) is 6.92 Å². The Labute approximate surface area is 153 Å². The Morgan fingerprint density at radius 1 is 1.00 bits per heavy atom. The van der Waals surface area contributed by atoms with Gasteiger partial charge in [0.2, 0.25) is 0 Å². The van der Waals surface area contributed by atoms with E-state index < -0.39 is 17.7 Å². The number of hydrogen-bond acceptors (Lipinski definition) is 4. The Morgan fingerprint density at radius 3 is 2.12 bits per heavy atom. The number of aliphatic hydroxyl groups excluding tert-OH is 1. The molecule has 0 radical (unpaired) electrons. The number of anilines is 1. The van der Waals surface area contributed by atoms with Crippen molar-refractivity contribution < 1.29 is 14.7 Å². The first-order valence-corrected chi connectivity index (χ1v) is 8.40. The molecule has 1 N–H and O–H groups in total. The van der Waals surface area contributed by atoms with Gasteiger partial charge >= 0.3 is 0 Å². The lowest BCUT2D eigenvalue weighted by molar-refractivity contribution is -0.139. The van der Waals surface area contributed by atoms with E-state index in [1.165, 1.54) is 4.90 Å². The van der Waals surface area contributed by atoms with Crippen molar-refractivity contribution in [2.75, 3.05) is 26.0 Å². The summed E-state index contributed by atoms with van der Waals surface area (Å²) in [6.45, 7) is 1.95. The van der Waals surface area contributed by atoms with Gasteiger partial charge in [0.25, 0.3) is 11.7 Å². The molecule has 2 aromatic carbocycles.